The monoisotopic (exact) mass is 284 g/mol. The van der Waals surface area contributed by atoms with E-state index in [1.165, 1.54) is 23.0 Å². The van der Waals surface area contributed by atoms with Crippen molar-refractivity contribution in [2.75, 3.05) is 48.7 Å². The van der Waals surface area contributed by atoms with Gasteiger partial charge >= 0.3 is 0 Å². The minimum atomic E-state index is 0.870. The summed E-state index contributed by atoms with van der Waals surface area (Å²) in [5.74, 6) is 6.46. The summed E-state index contributed by atoms with van der Waals surface area (Å²) in [7, 11) is 1.78. The van der Waals surface area contributed by atoms with E-state index in [1.54, 1.807) is 7.11 Å². The molecule has 0 amide bonds. The van der Waals surface area contributed by atoms with Crippen LogP contribution in [0.1, 0.15) is 0 Å². The summed E-state index contributed by atoms with van der Waals surface area (Å²) in [6.45, 7) is 0.893. The van der Waals surface area contributed by atoms with Crippen molar-refractivity contribution in [1.29, 1.82) is 0 Å². The van der Waals surface area contributed by atoms with Gasteiger partial charge in [0.1, 0.15) is 0 Å². The fraction of sp³-hybridized carbons (Fsp3) is 1.00. The van der Waals surface area contributed by atoms with Gasteiger partial charge in [0.15, 0.2) is 0 Å². The summed E-state index contributed by atoms with van der Waals surface area (Å²) in [5, 5.41) is 1.76. The van der Waals surface area contributed by atoms with Crippen molar-refractivity contribution in [2.45, 2.75) is 10.5 Å². The van der Waals surface area contributed by atoms with Crippen LogP contribution in [-0.2, 0) is 4.74 Å². The summed E-state index contributed by atoms with van der Waals surface area (Å²) >= 11 is 8.36. The number of rotatable bonds is 7. The second-order valence-electron chi connectivity index (χ2n) is 3.43. The smallest absolute Gasteiger partial charge is 0.0552 e. The zero-order valence-electron chi connectivity index (χ0n) is 9.44. The fourth-order valence-corrected chi connectivity index (χ4v) is 6.86. The van der Waals surface area contributed by atoms with Gasteiger partial charge in [0, 0.05) is 46.4 Å². The molecule has 90 valence electrons. The Bertz CT molecular complexity index is 146. The summed E-state index contributed by atoms with van der Waals surface area (Å²) in [6, 6.07) is 0. The lowest BCUT2D eigenvalue weighted by Crippen LogP contribution is -2.24. The molecular weight excluding hydrogens is 264 g/mol. The van der Waals surface area contributed by atoms with Gasteiger partial charge in [-0.3, -0.25) is 0 Å². The Morgan fingerprint density at radius 3 is 2.40 bits per heavy atom. The zero-order chi connectivity index (χ0) is 10.9. The number of ether oxygens (including phenoxy) is 1. The lowest BCUT2D eigenvalue weighted by atomic mass is 10.5. The highest BCUT2D eigenvalue weighted by Crippen LogP contribution is 2.32. The molecule has 0 aromatic rings. The maximum absolute atomic E-state index is 5.04. The predicted molar refractivity (Wildman–Crippen MR) is 80.1 cm³/mol. The summed E-state index contributed by atoms with van der Waals surface area (Å²) in [4.78, 5) is 0. The van der Waals surface area contributed by atoms with E-state index in [0.717, 1.165) is 22.9 Å². The fourth-order valence-electron chi connectivity index (χ4n) is 1.32. The molecule has 0 radical (unpaired) electrons. The highest BCUT2D eigenvalue weighted by atomic mass is 32.2. The maximum atomic E-state index is 5.04. The van der Waals surface area contributed by atoms with Crippen LogP contribution < -0.4 is 0 Å². The Morgan fingerprint density at radius 1 is 1.20 bits per heavy atom. The first-order valence-corrected chi connectivity index (χ1v) is 9.80. The van der Waals surface area contributed by atoms with E-state index in [1.807, 2.05) is 23.5 Å². The first-order chi connectivity index (χ1) is 7.36. The van der Waals surface area contributed by atoms with Crippen molar-refractivity contribution in [3.8, 4) is 0 Å². The Kier molecular flexibility index (Phi) is 9.03. The van der Waals surface area contributed by atoms with Gasteiger partial charge in [0.2, 0.25) is 0 Å². The molecule has 1 aliphatic rings. The van der Waals surface area contributed by atoms with E-state index < -0.39 is 0 Å². The molecule has 0 aliphatic carbocycles. The molecule has 0 saturated carbocycles. The molecule has 2 atom stereocenters. The Labute approximate surface area is 111 Å². The van der Waals surface area contributed by atoms with Crippen LogP contribution in [-0.4, -0.2) is 59.2 Å². The van der Waals surface area contributed by atoms with Crippen molar-refractivity contribution in [1.82, 2.24) is 0 Å². The molecule has 0 aromatic heterocycles. The van der Waals surface area contributed by atoms with Gasteiger partial charge in [-0.1, -0.05) is 0 Å². The third kappa shape index (κ3) is 6.61. The SMILES string of the molecule is COCCSCC1CSC(CSC)CS1. The minimum Gasteiger partial charge on any atom is -0.384 e. The van der Waals surface area contributed by atoms with Crippen molar-refractivity contribution >= 4 is 47.0 Å². The topological polar surface area (TPSA) is 9.23 Å². The van der Waals surface area contributed by atoms with Crippen LogP contribution in [0.3, 0.4) is 0 Å². The molecule has 0 spiro atoms. The third-order valence-corrected chi connectivity index (χ3v) is 7.60. The number of methoxy groups -OCH3 is 1. The van der Waals surface area contributed by atoms with E-state index >= 15 is 0 Å². The van der Waals surface area contributed by atoms with E-state index in [2.05, 4.69) is 29.8 Å². The molecule has 0 N–H and O–H groups in total. The second kappa shape index (κ2) is 9.40. The van der Waals surface area contributed by atoms with Gasteiger partial charge in [0.25, 0.3) is 0 Å². The van der Waals surface area contributed by atoms with Crippen LogP contribution >= 0.6 is 47.0 Å². The lowest BCUT2D eigenvalue weighted by molar-refractivity contribution is 0.218. The van der Waals surface area contributed by atoms with E-state index in [4.69, 9.17) is 4.74 Å². The quantitative estimate of drug-likeness (QED) is 0.663. The van der Waals surface area contributed by atoms with Crippen LogP contribution in [0.4, 0.5) is 0 Å². The highest BCUT2D eigenvalue weighted by Gasteiger charge is 2.21. The summed E-state index contributed by atoms with van der Waals surface area (Å²) in [5.41, 5.74) is 0. The van der Waals surface area contributed by atoms with E-state index in [-0.39, 0.29) is 0 Å². The van der Waals surface area contributed by atoms with Crippen LogP contribution in [0.25, 0.3) is 0 Å². The first-order valence-electron chi connectivity index (χ1n) is 5.15. The van der Waals surface area contributed by atoms with Gasteiger partial charge in [-0.25, -0.2) is 0 Å². The minimum absolute atomic E-state index is 0.870. The van der Waals surface area contributed by atoms with Crippen molar-refractivity contribution < 1.29 is 4.74 Å². The lowest BCUT2D eigenvalue weighted by Gasteiger charge is -2.27. The molecule has 0 bridgehead atoms. The molecule has 1 heterocycles. The third-order valence-electron chi connectivity index (χ3n) is 2.12. The molecule has 1 fully saturated rings. The second-order valence-corrected chi connectivity index (χ2v) is 8.16. The van der Waals surface area contributed by atoms with E-state index in [9.17, 15) is 0 Å². The summed E-state index contributed by atoms with van der Waals surface area (Å²) < 4.78 is 5.04. The van der Waals surface area contributed by atoms with Crippen LogP contribution in [0.15, 0.2) is 0 Å². The Hall–Kier alpha value is 1.36. The molecule has 1 rings (SSSR count). The average Bonchev–Trinajstić information content (AvgIpc) is 2.27. The molecule has 1 saturated heterocycles. The molecular formula is C10H20OS4. The number of hydrogen-bond acceptors (Lipinski definition) is 5. The summed E-state index contributed by atoms with van der Waals surface area (Å²) in [6.07, 6.45) is 2.21. The van der Waals surface area contributed by atoms with Gasteiger partial charge in [-0.05, 0) is 6.26 Å². The van der Waals surface area contributed by atoms with Crippen molar-refractivity contribution in [2.24, 2.45) is 0 Å². The molecule has 2 unspecified atom stereocenters. The van der Waals surface area contributed by atoms with Crippen molar-refractivity contribution in [3.63, 3.8) is 0 Å². The van der Waals surface area contributed by atoms with E-state index in [0.29, 0.717) is 0 Å². The van der Waals surface area contributed by atoms with Gasteiger partial charge in [-0.2, -0.15) is 47.0 Å². The van der Waals surface area contributed by atoms with Gasteiger partial charge in [0.05, 0.1) is 6.61 Å². The van der Waals surface area contributed by atoms with Crippen LogP contribution in [0.5, 0.6) is 0 Å². The largest absolute Gasteiger partial charge is 0.384 e. The van der Waals surface area contributed by atoms with Crippen LogP contribution in [0.2, 0.25) is 0 Å². The Balaban J connectivity index is 1.99. The van der Waals surface area contributed by atoms with Crippen LogP contribution in [0, 0.1) is 0 Å². The average molecular weight is 285 g/mol. The normalized spacial score (nSPS) is 26.8. The van der Waals surface area contributed by atoms with Gasteiger partial charge in [-0.15, -0.1) is 0 Å². The Morgan fingerprint density at radius 2 is 1.87 bits per heavy atom. The van der Waals surface area contributed by atoms with Gasteiger partial charge < -0.3 is 4.74 Å². The first kappa shape index (κ1) is 14.4. The molecule has 15 heavy (non-hydrogen) atoms. The number of hydrogen-bond donors (Lipinski definition) is 0. The standard InChI is InChI=1S/C10H20OS4/c1-11-3-4-13-6-10-8-14-9(5-12-2)7-15-10/h9-10H,3-8H2,1-2H3. The predicted octanol–water partition coefficient (Wildman–Crippen LogP) is 2.95. The maximum Gasteiger partial charge on any atom is 0.0552 e. The molecule has 5 heteroatoms. The molecule has 1 nitrogen and oxygen atoms in total. The molecule has 1 aliphatic heterocycles. The number of thioether (sulfide) groups is 4. The van der Waals surface area contributed by atoms with Crippen molar-refractivity contribution in [3.05, 3.63) is 0 Å². The molecule has 0 aromatic carbocycles. The highest BCUT2D eigenvalue weighted by molar-refractivity contribution is 8.09. The zero-order valence-corrected chi connectivity index (χ0v) is 12.7.